The first-order valence-electron chi connectivity index (χ1n) is 6.93. The topological polar surface area (TPSA) is 40.7 Å². The van der Waals surface area contributed by atoms with E-state index >= 15 is 0 Å². The lowest BCUT2D eigenvalue weighted by Crippen LogP contribution is -2.07. The molecule has 0 fully saturated rings. The molecule has 0 radical (unpaired) electrons. The van der Waals surface area contributed by atoms with Crippen LogP contribution in [0, 0.1) is 4.77 Å². The summed E-state index contributed by atoms with van der Waals surface area (Å²) < 4.78 is 0.503. The maximum Gasteiger partial charge on any atom is 0.198 e. The van der Waals surface area contributed by atoms with E-state index in [0.29, 0.717) is 21.2 Å². The quantitative estimate of drug-likeness (QED) is 0.773. The lowest BCUT2D eigenvalue weighted by Gasteiger charge is -2.13. The van der Waals surface area contributed by atoms with Crippen molar-refractivity contribution >= 4 is 41.2 Å². The van der Waals surface area contributed by atoms with E-state index in [1.54, 1.807) is 6.07 Å². The smallest absolute Gasteiger partial charge is 0.198 e. The van der Waals surface area contributed by atoms with E-state index in [1.165, 1.54) is 5.56 Å². The van der Waals surface area contributed by atoms with Crippen molar-refractivity contribution < 1.29 is 0 Å². The summed E-state index contributed by atoms with van der Waals surface area (Å²) >= 11 is 17.5. The summed E-state index contributed by atoms with van der Waals surface area (Å²) in [4.78, 5) is 7.63. The van der Waals surface area contributed by atoms with Crippen molar-refractivity contribution in [2.24, 2.45) is 0 Å². The molecule has 2 aromatic rings. The number of H-pyrrole nitrogens is 1. The fourth-order valence-electron chi connectivity index (χ4n) is 2.60. The Kier molecular flexibility index (Phi) is 4.48. The summed E-state index contributed by atoms with van der Waals surface area (Å²) in [5.74, 6) is 0.913. The van der Waals surface area contributed by atoms with Crippen molar-refractivity contribution in [3.8, 4) is 0 Å². The second kappa shape index (κ2) is 6.34. The van der Waals surface area contributed by atoms with Crippen molar-refractivity contribution in [2.45, 2.75) is 25.7 Å². The largest absolute Gasteiger partial charge is 0.370 e. The second-order valence-electron chi connectivity index (χ2n) is 5.14. The van der Waals surface area contributed by atoms with Gasteiger partial charge in [0, 0.05) is 34.3 Å². The van der Waals surface area contributed by atoms with E-state index in [9.17, 15) is 0 Å². The Bertz CT molecular complexity index is 727. The van der Waals surface area contributed by atoms with Crippen LogP contribution in [-0.4, -0.2) is 16.5 Å². The molecule has 0 unspecified atom stereocenters. The Balaban J connectivity index is 2.02. The zero-order chi connectivity index (χ0) is 14.8. The zero-order valence-corrected chi connectivity index (χ0v) is 13.7. The number of anilines is 1. The van der Waals surface area contributed by atoms with Crippen LogP contribution >= 0.6 is 35.4 Å². The van der Waals surface area contributed by atoms with Crippen molar-refractivity contribution in [3.05, 3.63) is 49.8 Å². The molecule has 1 aliphatic rings. The summed E-state index contributed by atoms with van der Waals surface area (Å²) in [5.41, 5.74) is 3.33. The van der Waals surface area contributed by atoms with Gasteiger partial charge < -0.3 is 10.3 Å². The predicted octanol–water partition coefficient (Wildman–Crippen LogP) is 4.78. The van der Waals surface area contributed by atoms with Crippen LogP contribution in [-0.2, 0) is 12.8 Å². The molecule has 3 nitrogen and oxygen atoms in total. The molecule has 110 valence electrons. The Hall–Kier alpha value is -1.10. The standard InChI is InChI=1S/C15H15Cl2N3S/c16-10-5-4-9(12(17)8-10)7-13-11-3-1-2-6-18-14(11)20-15(21)19-13/h4-5,8H,1-3,6-7H2,(H2,18,19,20,21). The average molecular weight is 340 g/mol. The predicted molar refractivity (Wildman–Crippen MR) is 90.1 cm³/mol. The zero-order valence-electron chi connectivity index (χ0n) is 11.4. The van der Waals surface area contributed by atoms with E-state index in [1.807, 2.05) is 12.1 Å². The molecule has 0 spiro atoms. The number of nitrogens with zero attached hydrogens (tertiary/aromatic N) is 1. The minimum atomic E-state index is 0.503. The lowest BCUT2D eigenvalue weighted by molar-refractivity contribution is 0.777. The van der Waals surface area contributed by atoms with Gasteiger partial charge in [-0.25, -0.2) is 4.98 Å². The van der Waals surface area contributed by atoms with Crippen molar-refractivity contribution in [3.63, 3.8) is 0 Å². The first-order valence-corrected chi connectivity index (χ1v) is 8.10. The van der Waals surface area contributed by atoms with Crippen LogP contribution in [0.25, 0.3) is 0 Å². The van der Waals surface area contributed by atoms with Crippen LogP contribution in [0.1, 0.15) is 29.7 Å². The number of hydrogen-bond acceptors (Lipinski definition) is 3. The normalized spacial score (nSPS) is 14.2. The first kappa shape index (κ1) is 14.8. The highest BCUT2D eigenvalue weighted by molar-refractivity contribution is 7.71. The van der Waals surface area contributed by atoms with Gasteiger partial charge in [-0.15, -0.1) is 0 Å². The second-order valence-corrected chi connectivity index (χ2v) is 6.37. The molecule has 0 aliphatic carbocycles. The van der Waals surface area contributed by atoms with Crippen molar-refractivity contribution in [1.82, 2.24) is 9.97 Å². The van der Waals surface area contributed by atoms with Gasteiger partial charge in [-0.05, 0) is 49.2 Å². The number of rotatable bonds is 2. The van der Waals surface area contributed by atoms with Gasteiger partial charge in [0.1, 0.15) is 5.82 Å². The summed E-state index contributed by atoms with van der Waals surface area (Å²) in [7, 11) is 0. The van der Waals surface area contributed by atoms with E-state index in [2.05, 4.69) is 15.3 Å². The fraction of sp³-hybridized carbons (Fsp3) is 0.333. The molecule has 6 heteroatoms. The fourth-order valence-corrected chi connectivity index (χ4v) is 3.29. The Labute approximate surface area is 138 Å². The number of aromatic amines is 1. The number of aromatic nitrogens is 2. The molecule has 1 aliphatic heterocycles. The van der Waals surface area contributed by atoms with Crippen LogP contribution < -0.4 is 5.32 Å². The molecule has 0 saturated heterocycles. The van der Waals surface area contributed by atoms with Gasteiger partial charge in [-0.2, -0.15) is 0 Å². The number of fused-ring (bicyclic) bond motifs is 1. The maximum absolute atomic E-state index is 6.28. The van der Waals surface area contributed by atoms with Crippen molar-refractivity contribution in [2.75, 3.05) is 11.9 Å². The highest BCUT2D eigenvalue weighted by atomic mass is 35.5. The van der Waals surface area contributed by atoms with E-state index in [0.717, 1.165) is 42.9 Å². The van der Waals surface area contributed by atoms with E-state index in [4.69, 9.17) is 35.4 Å². The highest BCUT2D eigenvalue weighted by Gasteiger charge is 2.15. The van der Waals surface area contributed by atoms with E-state index in [-0.39, 0.29) is 0 Å². The minimum absolute atomic E-state index is 0.503. The SMILES string of the molecule is S=c1nc2c(c(Cc3ccc(Cl)cc3Cl)[nH]1)CCCCN2. The number of benzene rings is 1. The summed E-state index contributed by atoms with van der Waals surface area (Å²) in [6.45, 7) is 0.944. The molecule has 1 aromatic carbocycles. The monoisotopic (exact) mass is 339 g/mol. The number of hydrogen-bond donors (Lipinski definition) is 2. The Morgan fingerprint density at radius 1 is 1.24 bits per heavy atom. The maximum atomic E-state index is 6.28. The summed E-state index contributed by atoms with van der Waals surface area (Å²) in [6, 6.07) is 5.58. The van der Waals surface area contributed by atoms with Crippen LogP contribution in [0.5, 0.6) is 0 Å². The van der Waals surface area contributed by atoms with Crippen LogP contribution in [0.2, 0.25) is 10.0 Å². The van der Waals surface area contributed by atoms with Crippen molar-refractivity contribution in [1.29, 1.82) is 0 Å². The number of halogens is 2. The minimum Gasteiger partial charge on any atom is -0.370 e. The molecule has 3 rings (SSSR count). The van der Waals surface area contributed by atoms with Gasteiger partial charge in [-0.3, -0.25) is 0 Å². The molecule has 1 aromatic heterocycles. The van der Waals surface area contributed by atoms with Gasteiger partial charge in [-0.1, -0.05) is 29.3 Å². The average Bonchev–Trinajstić information content (AvgIpc) is 2.67. The number of nitrogens with one attached hydrogen (secondary N) is 2. The Morgan fingerprint density at radius 2 is 2.10 bits per heavy atom. The Morgan fingerprint density at radius 3 is 2.90 bits per heavy atom. The molecular formula is C15H15Cl2N3S. The van der Waals surface area contributed by atoms with Gasteiger partial charge >= 0.3 is 0 Å². The molecule has 0 atom stereocenters. The molecular weight excluding hydrogens is 325 g/mol. The van der Waals surface area contributed by atoms with Crippen LogP contribution in [0.4, 0.5) is 5.82 Å². The molecule has 0 bridgehead atoms. The summed E-state index contributed by atoms with van der Waals surface area (Å²) in [6.07, 6.45) is 3.99. The lowest BCUT2D eigenvalue weighted by atomic mass is 10.0. The van der Waals surface area contributed by atoms with Crippen LogP contribution in [0.15, 0.2) is 18.2 Å². The van der Waals surface area contributed by atoms with Gasteiger partial charge in [0.25, 0.3) is 0 Å². The third-order valence-electron chi connectivity index (χ3n) is 3.65. The highest BCUT2D eigenvalue weighted by Crippen LogP contribution is 2.27. The van der Waals surface area contributed by atoms with E-state index < -0.39 is 0 Å². The summed E-state index contributed by atoms with van der Waals surface area (Å²) in [5, 5.41) is 4.68. The van der Waals surface area contributed by atoms with Crippen LogP contribution in [0.3, 0.4) is 0 Å². The molecule has 0 amide bonds. The first-order chi connectivity index (χ1) is 10.1. The molecule has 2 heterocycles. The molecule has 21 heavy (non-hydrogen) atoms. The molecule has 2 N–H and O–H groups in total. The third-order valence-corrected chi connectivity index (χ3v) is 4.43. The van der Waals surface area contributed by atoms with Gasteiger partial charge in [0.2, 0.25) is 0 Å². The van der Waals surface area contributed by atoms with Gasteiger partial charge in [0.05, 0.1) is 0 Å². The third kappa shape index (κ3) is 3.39. The molecule has 0 saturated carbocycles. The van der Waals surface area contributed by atoms with Gasteiger partial charge in [0.15, 0.2) is 4.77 Å².